The highest BCUT2D eigenvalue weighted by Crippen LogP contribution is 2.24. The molecule has 2 unspecified atom stereocenters. The third-order valence-corrected chi connectivity index (χ3v) is 3.85. The van der Waals surface area contributed by atoms with Crippen molar-refractivity contribution in [3.8, 4) is 5.75 Å². The quantitative estimate of drug-likeness (QED) is 0.823. The number of ether oxygens (including phenoxy) is 1. The highest BCUT2D eigenvalue weighted by Gasteiger charge is 2.23. The predicted octanol–water partition coefficient (Wildman–Crippen LogP) is 2.59. The van der Waals surface area contributed by atoms with Crippen molar-refractivity contribution in [2.24, 2.45) is 5.92 Å². The fourth-order valence-electron chi connectivity index (χ4n) is 2.65. The van der Waals surface area contributed by atoms with Gasteiger partial charge in [-0.2, -0.15) is 0 Å². The van der Waals surface area contributed by atoms with Gasteiger partial charge in [0.15, 0.2) is 0 Å². The second-order valence-corrected chi connectivity index (χ2v) is 5.34. The molecule has 0 saturated heterocycles. The molecule has 0 spiro atoms. The molecule has 0 heterocycles. The molecular formula is C15H22N2O2. The van der Waals surface area contributed by atoms with Gasteiger partial charge in [-0.05, 0) is 30.9 Å². The molecule has 3 N–H and O–H groups in total. The number of benzene rings is 1. The van der Waals surface area contributed by atoms with Crippen LogP contribution in [0, 0.1) is 5.92 Å². The Labute approximate surface area is 114 Å². The minimum atomic E-state index is -0.0654. The first-order valence-electron chi connectivity index (χ1n) is 6.85. The highest BCUT2D eigenvalue weighted by molar-refractivity contribution is 5.95. The fourth-order valence-corrected chi connectivity index (χ4v) is 2.65. The molecule has 4 heteroatoms. The number of rotatable bonds is 3. The van der Waals surface area contributed by atoms with Crippen LogP contribution in [0.5, 0.6) is 5.75 Å². The number of hydrogen-bond donors (Lipinski definition) is 2. The van der Waals surface area contributed by atoms with Crippen molar-refractivity contribution in [1.82, 2.24) is 5.32 Å². The number of nitrogens with two attached hydrogens (primary N) is 1. The van der Waals surface area contributed by atoms with Crippen LogP contribution in [0.2, 0.25) is 0 Å². The average Bonchev–Trinajstić information content (AvgIpc) is 2.40. The first-order valence-corrected chi connectivity index (χ1v) is 6.85. The molecule has 1 aromatic carbocycles. The fraction of sp³-hybridized carbons (Fsp3) is 0.533. The van der Waals surface area contributed by atoms with Gasteiger partial charge in [0, 0.05) is 23.4 Å². The van der Waals surface area contributed by atoms with Crippen LogP contribution in [0.4, 0.5) is 5.69 Å². The van der Waals surface area contributed by atoms with Crippen LogP contribution in [-0.4, -0.2) is 19.1 Å². The van der Waals surface area contributed by atoms with E-state index in [1.54, 1.807) is 25.3 Å². The lowest BCUT2D eigenvalue weighted by Gasteiger charge is -2.29. The molecular weight excluding hydrogens is 240 g/mol. The van der Waals surface area contributed by atoms with Crippen LogP contribution in [-0.2, 0) is 0 Å². The molecule has 1 fully saturated rings. The first-order chi connectivity index (χ1) is 9.10. The molecule has 4 nitrogen and oxygen atoms in total. The van der Waals surface area contributed by atoms with E-state index in [1.807, 2.05) is 0 Å². The molecule has 2 rings (SSSR count). The maximum Gasteiger partial charge on any atom is 0.251 e. The van der Waals surface area contributed by atoms with Gasteiger partial charge in [-0.15, -0.1) is 0 Å². The van der Waals surface area contributed by atoms with Gasteiger partial charge in [-0.1, -0.05) is 19.8 Å². The number of carbonyl (C=O) groups excluding carboxylic acids is 1. The van der Waals surface area contributed by atoms with Crippen LogP contribution >= 0.6 is 0 Å². The summed E-state index contributed by atoms with van der Waals surface area (Å²) in [7, 11) is 1.57. The van der Waals surface area contributed by atoms with Crippen molar-refractivity contribution in [1.29, 1.82) is 0 Å². The van der Waals surface area contributed by atoms with Gasteiger partial charge in [0.25, 0.3) is 5.91 Å². The Morgan fingerprint density at radius 3 is 2.74 bits per heavy atom. The summed E-state index contributed by atoms with van der Waals surface area (Å²) in [6.07, 6.45) is 4.70. The number of hydrogen-bond acceptors (Lipinski definition) is 3. The largest absolute Gasteiger partial charge is 0.497 e. The number of carbonyl (C=O) groups is 1. The topological polar surface area (TPSA) is 64.3 Å². The van der Waals surface area contributed by atoms with Gasteiger partial charge in [0.05, 0.1) is 7.11 Å². The molecule has 1 aromatic rings. The second kappa shape index (κ2) is 5.95. The zero-order valence-electron chi connectivity index (χ0n) is 11.6. The van der Waals surface area contributed by atoms with E-state index >= 15 is 0 Å². The molecule has 104 valence electrons. The number of nitrogen functional groups attached to an aromatic ring is 1. The second-order valence-electron chi connectivity index (χ2n) is 5.34. The molecule has 1 saturated carbocycles. The third kappa shape index (κ3) is 3.40. The lowest BCUT2D eigenvalue weighted by molar-refractivity contribution is 0.0910. The molecule has 1 amide bonds. The van der Waals surface area contributed by atoms with Crippen molar-refractivity contribution >= 4 is 11.6 Å². The number of methoxy groups -OCH3 is 1. The van der Waals surface area contributed by atoms with Crippen LogP contribution in [0.25, 0.3) is 0 Å². The summed E-state index contributed by atoms with van der Waals surface area (Å²) in [5.41, 5.74) is 6.88. The molecule has 2 atom stereocenters. The van der Waals surface area contributed by atoms with Gasteiger partial charge in [0.1, 0.15) is 5.75 Å². The van der Waals surface area contributed by atoms with E-state index in [1.165, 1.54) is 19.3 Å². The molecule has 1 aliphatic rings. The molecule has 0 aliphatic heterocycles. The lowest BCUT2D eigenvalue weighted by Crippen LogP contribution is -2.41. The van der Waals surface area contributed by atoms with Gasteiger partial charge in [0.2, 0.25) is 0 Å². The molecule has 19 heavy (non-hydrogen) atoms. The first kappa shape index (κ1) is 13.7. The lowest BCUT2D eigenvalue weighted by atomic mass is 9.86. The zero-order chi connectivity index (χ0) is 13.8. The van der Waals surface area contributed by atoms with E-state index in [9.17, 15) is 4.79 Å². The smallest absolute Gasteiger partial charge is 0.251 e. The van der Waals surface area contributed by atoms with Crippen molar-refractivity contribution in [2.45, 2.75) is 38.6 Å². The maximum absolute atomic E-state index is 12.3. The van der Waals surface area contributed by atoms with Crippen LogP contribution in [0.15, 0.2) is 18.2 Å². The molecule has 0 aromatic heterocycles. The minimum Gasteiger partial charge on any atom is -0.497 e. The van der Waals surface area contributed by atoms with Crippen molar-refractivity contribution in [3.05, 3.63) is 23.8 Å². The van der Waals surface area contributed by atoms with Crippen LogP contribution in [0.1, 0.15) is 43.0 Å². The van der Waals surface area contributed by atoms with Crippen LogP contribution < -0.4 is 15.8 Å². The van der Waals surface area contributed by atoms with Crippen molar-refractivity contribution in [3.63, 3.8) is 0 Å². The SMILES string of the molecule is COc1cc(N)cc(C(=O)NC2CCCCC2C)c1. The number of nitrogens with one attached hydrogen (secondary N) is 1. The summed E-state index contributed by atoms with van der Waals surface area (Å²) in [4.78, 5) is 12.3. The summed E-state index contributed by atoms with van der Waals surface area (Å²) in [6, 6.07) is 5.39. The Hall–Kier alpha value is -1.71. The normalized spacial score (nSPS) is 22.8. The monoisotopic (exact) mass is 262 g/mol. The number of anilines is 1. The van der Waals surface area contributed by atoms with Gasteiger partial charge >= 0.3 is 0 Å². The summed E-state index contributed by atoms with van der Waals surface area (Å²) in [5.74, 6) is 1.09. The van der Waals surface area contributed by atoms with E-state index in [0.29, 0.717) is 22.9 Å². The Morgan fingerprint density at radius 2 is 2.05 bits per heavy atom. The predicted molar refractivity (Wildman–Crippen MR) is 76.3 cm³/mol. The summed E-state index contributed by atoms with van der Waals surface area (Å²) in [5, 5.41) is 3.11. The van der Waals surface area contributed by atoms with Gasteiger partial charge in [-0.25, -0.2) is 0 Å². The van der Waals surface area contributed by atoms with E-state index in [-0.39, 0.29) is 11.9 Å². The molecule has 0 bridgehead atoms. The molecule has 0 radical (unpaired) electrons. The third-order valence-electron chi connectivity index (χ3n) is 3.85. The van der Waals surface area contributed by atoms with Gasteiger partial charge in [-0.3, -0.25) is 4.79 Å². The number of amides is 1. The van der Waals surface area contributed by atoms with Crippen LogP contribution in [0.3, 0.4) is 0 Å². The van der Waals surface area contributed by atoms with E-state index in [2.05, 4.69) is 12.2 Å². The minimum absolute atomic E-state index is 0.0654. The average molecular weight is 262 g/mol. The Morgan fingerprint density at radius 1 is 1.32 bits per heavy atom. The van der Waals surface area contributed by atoms with Gasteiger partial charge < -0.3 is 15.8 Å². The van der Waals surface area contributed by atoms with E-state index < -0.39 is 0 Å². The summed E-state index contributed by atoms with van der Waals surface area (Å²) >= 11 is 0. The van der Waals surface area contributed by atoms with E-state index in [4.69, 9.17) is 10.5 Å². The Balaban J connectivity index is 2.08. The molecule has 1 aliphatic carbocycles. The van der Waals surface area contributed by atoms with Crippen molar-refractivity contribution in [2.75, 3.05) is 12.8 Å². The zero-order valence-corrected chi connectivity index (χ0v) is 11.6. The van der Waals surface area contributed by atoms with E-state index in [0.717, 1.165) is 6.42 Å². The Bertz CT molecular complexity index is 459. The summed E-state index contributed by atoms with van der Waals surface area (Å²) < 4.78 is 5.14. The highest BCUT2D eigenvalue weighted by atomic mass is 16.5. The van der Waals surface area contributed by atoms with Crippen molar-refractivity contribution < 1.29 is 9.53 Å². The standard InChI is InChI=1S/C15H22N2O2/c1-10-5-3-4-6-14(10)17-15(18)11-7-12(16)9-13(8-11)19-2/h7-10,14H,3-6,16H2,1-2H3,(H,17,18). The summed E-state index contributed by atoms with van der Waals surface area (Å²) in [6.45, 7) is 2.20. The Kier molecular flexibility index (Phi) is 4.30. The maximum atomic E-state index is 12.3.